The first kappa shape index (κ1) is 17.2. The van der Waals surface area contributed by atoms with Crippen LogP contribution in [0.15, 0.2) is 66.7 Å². The molecule has 5 nitrogen and oxygen atoms in total. The van der Waals surface area contributed by atoms with E-state index in [0.717, 1.165) is 11.3 Å². The normalized spacial score (nSPS) is 21.3. The summed E-state index contributed by atoms with van der Waals surface area (Å²) < 4.78 is 0. The Bertz CT molecular complexity index is 877. The number of hydrogen-bond acceptors (Lipinski definition) is 3. The van der Waals surface area contributed by atoms with Crippen molar-refractivity contribution >= 4 is 23.4 Å². The van der Waals surface area contributed by atoms with E-state index >= 15 is 0 Å². The van der Waals surface area contributed by atoms with Crippen molar-refractivity contribution in [2.45, 2.75) is 19.4 Å². The number of allylic oxidation sites excluding steroid dienone is 2. The molecular formula is C22H20N2O3. The predicted molar refractivity (Wildman–Crippen MR) is 102 cm³/mol. The van der Waals surface area contributed by atoms with Gasteiger partial charge in [0, 0.05) is 11.3 Å². The van der Waals surface area contributed by atoms with E-state index < -0.39 is 0 Å². The van der Waals surface area contributed by atoms with Crippen LogP contribution in [0.3, 0.4) is 0 Å². The van der Waals surface area contributed by atoms with Gasteiger partial charge in [0.1, 0.15) is 0 Å². The van der Waals surface area contributed by atoms with Gasteiger partial charge in [0.05, 0.1) is 18.4 Å². The maximum absolute atomic E-state index is 12.5. The first-order chi connectivity index (χ1) is 13.1. The maximum atomic E-state index is 12.5. The predicted octanol–water partition coefficient (Wildman–Crippen LogP) is 3.39. The van der Waals surface area contributed by atoms with Crippen molar-refractivity contribution in [1.29, 1.82) is 0 Å². The largest absolute Gasteiger partial charge is 0.322 e. The van der Waals surface area contributed by atoms with Crippen LogP contribution >= 0.6 is 0 Å². The Hall–Kier alpha value is -3.21. The van der Waals surface area contributed by atoms with Gasteiger partial charge in [-0.05, 0) is 42.7 Å². The van der Waals surface area contributed by atoms with Crippen LogP contribution in [0.25, 0.3) is 0 Å². The molecule has 1 N–H and O–H groups in total. The summed E-state index contributed by atoms with van der Waals surface area (Å²) >= 11 is 0. The van der Waals surface area contributed by atoms with Gasteiger partial charge < -0.3 is 5.32 Å². The molecule has 0 radical (unpaired) electrons. The molecule has 2 unspecified atom stereocenters. The SMILES string of the molecule is O=C(Nc1ccccc1)c1ccc(CN2C(=O)C3CC=CCC3C2=O)cc1. The molecule has 1 aliphatic heterocycles. The third-order valence-corrected chi connectivity index (χ3v) is 5.19. The second kappa shape index (κ2) is 7.19. The molecule has 1 aliphatic carbocycles. The van der Waals surface area contributed by atoms with Crippen LogP contribution in [-0.4, -0.2) is 22.6 Å². The van der Waals surface area contributed by atoms with Gasteiger partial charge in [-0.25, -0.2) is 0 Å². The fourth-order valence-electron chi connectivity index (χ4n) is 3.69. The number of anilines is 1. The number of imide groups is 1. The highest BCUT2D eigenvalue weighted by atomic mass is 16.2. The quantitative estimate of drug-likeness (QED) is 0.671. The molecule has 136 valence electrons. The molecule has 0 saturated carbocycles. The number of nitrogens with one attached hydrogen (secondary N) is 1. The van der Waals surface area contributed by atoms with Crippen molar-refractivity contribution < 1.29 is 14.4 Å². The lowest BCUT2D eigenvalue weighted by molar-refractivity contribution is -0.140. The lowest BCUT2D eigenvalue weighted by atomic mass is 9.85. The number of carbonyl (C=O) groups is 3. The summed E-state index contributed by atoms with van der Waals surface area (Å²) in [7, 11) is 0. The Kier molecular flexibility index (Phi) is 4.59. The number of para-hydroxylation sites is 1. The summed E-state index contributed by atoms with van der Waals surface area (Å²) in [6.07, 6.45) is 5.25. The van der Waals surface area contributed by atoms with Crippen LogP contribution in [0, 0.1) is 11.8 Å². The summed E-state index contributed by atoms with van der Waals surface area (Å²) in [5.41, 5.74) is 2.09. The highest BCUT2D eigenvalue weighted by molar-refractivity contribution is 6.05. The van der Waals surface area contributed by atoms with Crippen molar-refractivity contribution in [1.82, 2.24) is 4.90 Å². The Morgan fingerprint density at radius 2 is 1.48 bits per heavy atom. The molecule has 2 aromatic carbocycles. The molecule has 0 bridgehead atoms. The molecule has 4 rings (SSSR count). The van der Waals surface area contributed by atoms with E-state index in [0.29, 0.717) is 18.4 Å². The van der Waals surface area contributed by atoms with Crippen LogP contribution in [0.5, 0.6) is 0 Å². The molecule has 1 fully saturated rings. The van der Waals surface area contributed by atoms with Crippen molar-refractivity contribution in [3.8, 4) is 0 Å². The monoisotopic (exact) mass is 360 g/mol. The zero-order valence-corrected chi connectivity index (χ0v) is 14.8. The topological polar surface area (TPSA) is 66.5 Å². The third kappa shape index (κ3) is 3.40. The second-order valence-electron chi connectivity index (χ2n) is 6.94. The zero-order valence-electron chi connectivity index (χ0n) is 14.8. The van der Waals surface area contributed by atoms with E-state index in [9.17, 15) is 14.4 Å². The highest BCUT2D eigenvalue weighted by Crippen LogP contribution is 2.35. The van der Waals surface area contributed by atoms with E-state index in [1.165, 1.54) is 4.90 Å². The van der Waals surface area contributed by atoms with Crippen LogP contribution in [0.4, 0.5) is 5.69 Å². The average molecular weight is 360 g/mol. The Morgan fingerprint density at radius 3 is 2.07 bits per heavy atom. The molecule has 27 heavy (non-hydrogen) atoms. The van der Waals surface area contributed by atoms with Gasteiger partial charge in [-0.2, -0.15) is 0 Å². The van der Waals surface area contributed by atoms with Crippen molar-refractivity contribution in [3.63, 3.8) is 0 Å². The third-order valence-electron chi connectivity index (χ3n) is 5.19. The van der Waals surface area contributed by atoms with Gasteiger partial charge in [-0.1, -0.05) is 42.5 Å². The Labute approximate surface area is 157 Å². The fourth-order valence-corrected chi connectivity index (χ4v) is 3.69. The minimum absolute atomic E-state index is 0.0831. The number of rotatable bonds is 4. The molecule has 5 heteroatoms. The van der Waals surface area contributed by atoms with E-state index in [4.69, 9.17) is 0 Å². The minimum Gasteiger partial charge on any atom is -0.322 e. The van der Waals surface area contributed by atoms with Crippen LogP contribution in [-0.2, 0) is 16.1 Å². The summed E-state index contributed by atoms with van der Waals surface area (Å²) in [5, 5.41) is 2.83. The minimum atomic E-state index is -0.210. The Balaban J connectivity index is 1.43. The highest BCUT2D eigenvalue weighted by Gasteiger charge is 2.46. The summed E-state index contributed by atoms with van der Waals surface area (Å²) in [5.74, 6) is -0.782. The summed E-state index contributed by atoms with van der Waals surface area (Å²) in [6, 6.07) is 16.3. The molecule has 3 amide bonds. The smallest absolute Gasteiger partial charge is 0.255 e. The van der Waals surface area contributed by atoms with Gasteiger partial charge in [0.15, 0.2) is 0 Å². The summed E-state index contributed by atoms with van der Waals surface area (Å²) in [6.45, 7) is 0.255. The van der Waals surface area contributed by atoms with Gasteiger partial charge in [0.25, 0.3) is 5.91 Å². The standard InChI is InChI=1S/C22H20N2O3/c25-20(23-17-6-2-1-3-7-17)16-12-10-15(11-13-16)14-24-21(26)18-8-4-5-9-19(18)22(24)27/h1-7,10-13,18-19H,8-9,14H2,(H,23,25). The molecule has 1 heterocycles. The lowest BCUT2D eigenvalue weighted by Gasteiger charge is -2.15. The van der Waals surface area contributed by atoms with Crippen LogP contribution in [0.2, 0.25) is 0 Å². The molecule has 2 aliphatic rings. The second-order valence-corrected chi connectivity index (χ2v) is 6.94. The van der Waals surface area contributed by atoms with E-state index in [1.807, 2.05) is 42.5 Å². The summed E-state index contributed by atoms with van der Waals surface area (Å²) in [4.78, 5) is 38.8. The van der Waals surface area contributed by atoms with Gasteiger partial charge in [0.2, 0.25) is 11.8 Å². The number of likely N-dealkylation sites (tertiary alicyclic amines) is 1. The maximum Gasteiger partial charge on any atom is 0.255 e. The fraction of sp³-hybridized carbons (Fsp3) is 0.227. The van der Waals surface area contributed by atoms with Crippen molar-refractivity contribution in [3.05, 3.63) is 77.9 Å². The first-order valence-electron chi connectivity index (χ1n) is 9.09. The number of nitrogens with zero attached hydrogens (tertiary/aromatic N) is 1. The lowest BCUT2D eigenvalue weighted by Crippen LogP contribution is -2.30. The molecule has 1 saturated heterocycles. The molecule has 0 spiro atoms. The van der Waals surface area contributed by atoms with Gasteiger partial charge in [-0.3, -0.25) is 19.3 Å². The zero-order chi connectivity index (χ0) is 18.8. The molecule has 2 atom stereocenters. The van der Waals surface area contributed by atoms with Gasteiger partial charge >= 0.3 is 0 Å². The van der Waals surface area contributed by atoms with E-state index in [1.54, 1.807) is 24.3 Å². The number of hydrogen-bond donors (Lipinski definition) is 1. The van der Waals surface area contributed by atoms with Crippen molar-refractivity contribution in [2.24, 2.45) is 11.8 Å². The number of fused-ring (bicyclic) bond motifs is 1. The van der Waals surface area contributed by atoms with E-state index in [-0.39, 0.29) is 36.1 Å². The molecule has 0 aromatic heterocycles. The number of amides is 3. The molecule has 2 aromatic rings. The average Bonchev–Trinajstić information content (AvgIpc) is 2.94. The number of carbonyl (C=O) groups excluding carboxylic acids is 3. The van der Waals surface area contributed by atoms with Crippen LogP contribution in [0.1, 0.15) is 28.8 Å². The van der Waals surface area contributed by atoms with Crippen molar-refractivity contribution in [2.75, 3.05) is 5.32 Å². The van der Waals surface area contributed by atoms with Gasteiger partial charge in [-0.15, -0.1) is 0 Å². The van der Waals surface area contributed by atoms with Crippen LogP contribution < -0.4 is 5.32 Å². The first-order valence-corrected chi connectivity index (χ1v) is 9.09. The Morgan fingerprint density at radius 1 is 0.889 bits per heavy atom. The van der Waals surface area contributed by atoms with E-state index in [2.05, 4.69) is 5.32 Å². The number of benzene rings is 2. The molecular weight excluding hydrogens is 340 g/mol.